The van der Waals surface area contributed by atoms with Crippen molar-refractivity contribution in [3.63, 3.8) is 0 Å². The first-order valence-electron chi connectivity index (χ1n) is 11.4. The Bertz CT molecular complexity index is 848. The van der Waals surface area contributed by atoms with Gasteiger partial charge in [-0.15, -0.1) is 0 Å². The zero-order chi connectivity index (χ0) is 23.7. The van der Waals surface area contributed by atoms with Crippen LogP contribution < -0.4 is 10.1 Å². The Labute approximate surface area is 191 Å². The molecule has 8 nitrogen and oxygen atoms in total. The molecule has 1 aromatic rings. The number of hydrogen-bond acceptors (Lipinski definition) is 5. The van der Waals surface area contributed by atoms with Gasteiger partial charge in [0.2, 0.25) is 5.88 Å². The third-order valence-corrected chi connectivity index (χ3v) is 5.46. The SMILES string of the molecule is CCCC#Cc1cnc2c(c1)C(=O)N([C@H](C)CO)C[C@@H](C)[C@@H](CN(C)C(=O)NCCC)O2. The molecule has 1 aliphatic heterocycles. The van der Waals surface area contributed by atoms with Gasteiger partial charge in [0, 0.05) is 44.2 Å². The maximum atomic E-state index is 13.3. The number of carbonyl (C=O) groups is 2. The van der Waals surface area contributed by atoms with Gasteiger partial charge in [-0.2, -0.15) is 0 Å². The van der Waals surface area contributed by atoms with Crippen molar-refractivity contribution in [2.45, 2.75) is 59.1 Å². The Hall–Kier alpha value is -2.79. The van der Waals surface area contributed by atoms with Gasteiger partial charge in [0.15, 0.2) is 0 Å². The van der Waals surface area contributed by atoms with Crippen LogP contribution in [0.3, 0.4) is 0 Å². The van der Waals surface area contributed by atoms with E-state index in [4.69, 9.17) is 4.74 Å². The van der Waals surface area contributed by atoms with Gasteiger partial charge in [0.1, 0.15) is 11.7 Å². The monoisotopic (exact) mass is 444 g/mol. The van der Waals surface area contributed by atoms with Crippen LogP contribution in [0.15, 0.2) is 12.3 Å². The lowest BCUT2D eigenvalue weighted by atomic mass is 10.00. The molecule has 0 saturated heterocycles. The highest BCUT2D eigenvalue weighted by atomic mass is 16.5. The highest BCUT2D eigenvalue weighted by molar-refractivity contribution is 5.97. The van der Waals surface area contributed by atoms with E-state index in [2.05, 4.69) is 29.1 Å². The van der Waals surface area contributed by atoms with Crippen LogP contribution in [-0.2, 0) is 0 Å². The Kier molecular flexibility index (Phi) is 9.79. The largest absolute Gasteiger partial charge is 0.472 e. The van der Waals surface area contributed by atoms with Crippen LogP contribution in [0, 0.1) is 17.8 Å². The fourth-order valence-corrected chi connectivity index (χ4v) is 3.40. The molecule has 32 heavy (non-hydrogen) atoms. The summed E-state index contributed by atoms with van der Waals surface area (Å²) in [6.45, 7) is 9.02. The lowest BCUT2D eigenvalue weighted by molar-refractivity contribution is 0.0352. The molecular formula is C24H36N4O4. The molecule has 0 aromatic carbocycles. The van der Waals surface area contributed by atoms with Crippen molar-refractivity contribution in [1.29, 1.82) is 0 Å². The van der Waals surface area contributed by atoms with Gasteiger partial charge in [-0.1, -0.05) is 32.6 Å². The summed E-state index contributed by atoms with van der Waals surface area (Å²) >= 11 is 0. The molecule has 0 radical (unpaired) electrons. The molecule has 3 atom stereocenters. The van der Waals surface area contributed by atoms with E-state index in [-0.39, 0.29) is 42.5 Å². The van der Waals surface area contributed by atoms with Crippen LogP contribution in [0.4, 0.5) is 4.79 Å². The molecule has 176 valence electrons. The number of rotatable bonds is 7. The van der Waals surface area contributed by atoms with E-state index in [9.17, 15) is 14.7 Å². The number of urea groups is 1. The predicted octanol–water partition coefficient (Wildman–Crippen LogP) is 2.50. The normalized spacial score (nSPS) is 18.9. The molecule has 1 aliphatic rings. The van der Waals surface area contributed by atoms with E-state index in [1.54, 1.807) is 29.1 Å². The summed E-state index contributed by atoms with van der Waals surface area (Å²) in [5.74, 6) is 6.01. The van der Waals surface area contributed by atoms with Crippen LogP contribution in [0.1, 0.15) is 62.9 Å². The number of ether oxygens (including phenoxy) is 1. The third kappa shape index (κ3) is 6.60. The Morgan fingerprint density at radius 1 is 1.44 bits per heavy atom. The van der Waals surface area contributed by atoms with Gasteiger partial charge in [0.05, 0.1) is 19.2 Å². The van der Waals surface area contributed by atoms with Crippen LogP contribution in [0.5, 0.6) is 5.88 Å². The molecule has 8 heteroatoms. The molecule has 0 aliphatic carbocycles. The molecule has 2 rings (SSSR count). The summed E-state index contributed by atoms with van der Waals surface area (Å²) in [7, 11) is 1.72. The minimum Gasteiger partial charge on any atom is -0.472 e. The number of nitrogens with zero attached hydrogens (tertiary/aromatic N) is 3. The second kappa shape index (κ2) is 12.3. The topological polar surface area (TPSA) is 95.0 Å². The fourth-order valence-electron chi connectivity index (χ4n) is 3.40. The molecule has 3 amide bonds. The number of amides is 3. The summed E-state index contributed by atoms with van der Waals surface area (Å²) in [6.07, 6.45) is 3.80. The van der Waals surface area contributed by atoms with Crippen molar-refractivity contribution in [3.05, 3.63) is 23.4 Å². The second-order valence-electron chi connectivity index (χ2n) is 8.36. The molecule has 0 saturated carbocycles. The predicted molar refractivity (Wildman–Crippen MR) is 124 cm³/mol. The van der Waals surface area contributed by atoms with Crippen molar-refractivity contribution in [2.24, 2.45) is 5.92 Å². The van der Waals surface area contributed by atoms with E-state index >= 15 is 0 Å². The number of aliphatic hydroxyl groups is 1. The number of aromatic nitrogens is 1. The average molecular weight is 445 g/mol. The van der Waals surface area contributed by atoms with Gasteiger partial charge in [-0.3, -0.25) is 4.79 Å². The average Bonchev–Trinajstić information content (AvgIpc) is 2.79. The zero-order valence-corrected chi connectivity index (χ0v) is 19.9. The minimum absolute atomic E-state index is 0.0895. The van der Waals surface area contributed by atoms with Gasteiger partial charge in [-0.05, 0) is 25.8 Å². The quantitative estimate of drug-likeness (QED) is 0.630. The van der Waals surface area contributed by atoms with Crippen molar-refractivity contribution >= 4 is 11.9 Å². The van der Waals surface area contributed by atoms with Crippen LogP contribution >= 0.6 is 0 Å². The molecule has 2 N–H and O–H groups in total. The summed E-state index contributed by atoms with van der Waals surface area (Å²) < 4.78 is 6.20. The van der Waals surface area contributed by atoms with Gasteiger partial charge < -0.3 is 25.0 Å². The lowest BCUT2D eigenvalue weighted by Gasteiger charge is -2.37. The van der Waals surface area contributed by atoms with Crippen molar-refractivity contribution in [3.8, 4) is 17.7 Å². The summed E-state index contributed by atoms with van der Waals surface area (Å²) in [5, 5.41) is 12.6. The molecule has 1 aromatic heterocycles. The maximum absolute atomic E-state index is 13.3. The zero-order valence-electron chi connectivity index (χ0n) is 19.9. The number of unbranched alkanes of at least 4 members (excludes halogenated alkanes) is 1. The van der Waals surface area contributed by atoms with Gasteiger partial charge >= 0.3 is 6.03 Å². The minimum atomic E-state index is -0.378. The smallest absolute Gasteiger partial charge is 0.317 e. The second-order valence-corrected chi connectivity index (χ2v) is 8.36. The number of aliphatic hydroxyl groups excluding tert-OH is 1. The van der Waals surface area contributed by atoms with E-state index < -0.39 is 0 Å². The number of carbonyl (C=O) groups excluding carboxylic acids is 2. The van der Waals surface area contributed by atoms with Crippen molar-refractivity contribution < 1.29 is 19.4 Å². The number of likely N-dealkylation sites (N-methyl/N-ethyl adjacent to an activating group) is 1. The summed E-state index contributed by atoms with van der Waals surface area (Å²) in [4.78, 5) is 33.3. The van der Waals surface area contributed by atoms with Crippen molar-refractivity contribution in [1.82, 2.24) is 20.1 Å². The summed E-state index contributed by atoms with van der Waals surface area (Å²) in [6, 6.07) is 1.17. The van der Waals surface area contributed by atoms with Crippen LogP contribution in [0.2, 0.25) is 0 Å². The molecule has 0 bridgehead atoms. The standard InChI is InChI=1S/C24H36N4O4/c1-6-8-9-10-19-12-20-22(26-13-19)32-21(15-27(5)24(31)25-11-7-2)17(3)14-28(23(20)30)18(4)16-29/h12-13,17-18,21,29H,6-8,11,14-16H2,1-5H3,(H,25,31)/t17-,18-,21-/m1/s1. The molecular weight excluding hydrogens is 408 g/mol. The first-order valence-corrected chi connectivity index (χ1v) is 11.4. The Balaban J connectivity index is 2.38. The van der Waals surface area contributed by atoms with Crippen molar-refractivity contribution in [2.75, 3.05) is 33.3 Å². The van der Waals surface area contributed by atoms with E-state index in [1.165, 1.54) is 0 Å². The highest BCUT2D eigenvalue weighted by Gasteiger charge is 2.34. The highest BCUT2D eigenvalue weighted by Crippen LogP contribution is 2.27. The molecule has 0 unspecified atom stereocenters. The first-order chi connectivity index (χ1) is 15.3. The number of fused-ring (bicyclic) bond motifs is 1. The van der Waals surface area contributed by atoms with Gasteiger partial charge in [0.25, 0.3) is 5.91 Å². The number of nitrogens with one attached hydrogen (secondary N) is 1. The van der Waals surface area contributed by atoms with Crippen LogP contribution in [0.25, 0.3) is 0 Å². The Morgan fingerprint density at radius 2 is 2.19 bits per heavy atom. The maximum Gasteiger partial charge on any atom is 0.317 e. The first kappa shape index (κ1) is 25.5. The third-order valence-electron chi connectivity index (χ3n) is 5.46. The Morgan fingerprint density at radius 3 is 2.84 bits per heavy atom. The fraction of sp³-hybridized carbons (Fsp3) is 0.625. The van der Waals surface area contributed by atoms with E-state index in [0.29, 0.717) is 30.8 Å². The van der Waals surface area contributed by atoms with Gasteiger partial charge in [-0.25, -0.2) is 9.78 Å². The number of hydrogen-bond donors (Lipinski definition) is 2. The van der Waals surface area contributed by atoms with E-state index in [1.807, 2.05) is 20.8 Å². The number of pyridine rings is 1. The molecule has 0 spiro atoms. The molecule has 0 fully saturated rings. The van der Waals surface area contributed by atoms with E-state index in [0.717, 1.165) is 19.3 Å². The molecule has 2 heterocycles. The van der Waals surface area contributed by atoms with Crippen LogP contribution in [-0.4, -0.2) is 77.3 Å². The summed E-state index contributed by atoms with van der Waals surface area (Å²) in [5.41, 5.74) is 0.968. The lowest BCUT2D eigenvalue weighted by Crippen LogP contribution is -2.51.